The van der Waals surface area contributed by atoms with Crippen molar-refractivity contribution in [2.45, 2.75) is 6.92 Å². The molecule has 0 saturated heterocycles. The second-order valence-corrected chi connectivity index (χ2v) is 3.83. The number of nitrogens with zero attached hydrogens (tertiary/aromatic N) is 2. The number of anilines is 1. The van der Waals surface area contributed by atoms with Gasteiger partial charge in [0.25, 0.3) is 0 Å². The molecule has 18 heavy (non-hydrogen) atoms. The molecule has 1 aromatic carbocycles. The van der Waals surface area contributed by atoms with Crippen LogP contribution in [0.4, 0.5) is 10.6 Å². The fourth-order valence-electron chi connectivity index (χ4n) is 1.32. The van der Waals surface area contributed by atoms with Crippen LogP contribution in [0, 0.1) is 6.92 Å². The van der Waals surface area contributed by atoms with E-state index in [-0.39, 0.29) is 5.28 Å². The summed E-state index contributed by atoms with van der Waals surface area (Å²) in [6.07, 6.45) is -0.629. The lowest BCUT2D eigenvalue weighted by Gasteiger charge is -2.06. The Balaban J connectivity index is 2.03. The van der Waals surface area contributed by atoms with E-state index in [0.717, 1.165) is 0 Å². The maximum absolute atomic E-state index is 11.6. The molecule has 1 aromatic heterocycles. The number of carbonyl (C=O) groups is 1. The Bertz CT molecular complexity index is 540. The number of rotatable bonds is 2. The van der Waals surface area contributed by atoms with Crippen molar-refractivity contribution in [2.24, 2.45) is 0 Å². The first-order valence-corrected chi connectivity index (χ1v) is 5.56. The van der Waals surface area contributed by atoms with Crippen LogP contribution in [0.15, 0.2) is 36.4 Å². The molecule has 1 amide bonds. The third-order valence-electron chi connectivity index (χ3n) is 2.01. The fourth-order valence-corrected chi connectivity index (χ4v) is 1.55. The molecule has 0 aliphatic heterocycles. The number of carbonyl (C=O) groups excluding carboxylic acids is 1. The molecule has 0 radical (unpaired) electrons. The zero-order valence-electron chi connectivity index (χ0n) is 9.55. The summed E-state index contributed by atoms with van der Waals surface area (Å²) in [6.45, 7) is 1.75. The predicted octanol–water partition coefficient (Wildman–Crippen LogP) is 3.05. The smallest absolute Gasteiger partial charge is 0.410 e. The lowest BCUT2D eigenvalue weighted by atomic mass is 10.3. The Morgan fingerprint density at radius 3 is 2.67 bits per heavy atom. The highest BCUT2D eigenvalue weighted by molar-refractivity contribution is 6.28. The first-order valence-electron chi connectivity index (χ1n) is 5.18. The van der Waals surface area contributed by atoms with Crippen LogP contribution in [0.1, 0.15) is 5.69 Å². The number of aryl methyl sites for hydroxylation is 1. The molecule has 2 rings (SSSR count). The van der Waals surface area contributed by atoms with E-state index in [1.807, 2.05) is 6.07 Å². The molecule has 1 heterocycles. The predicted molar refractivity (Wildman–Crippen MR) is 67.9 cm³/mol. The Hall–Kier alpha value is -2.14. The first kappa shape index (κ1) is 12.3. The van der Waals surface area contributed by atoms with E-state index in [2.05, 4.69) is 15.3 Å². The number of halogens is 1. The van der Waals surface area contributed by atoms with Crippen LogP contribution in [-0.2, 0) is 0 Å². The van der Waals surface area contributed by atoms with Gasteiger partial charge < -0.3 is 4.74 Å². The summed E-state index contributed by atoms with van der Waals surface area (Å²) in [5, 5.41) is 2.55. The van der Waals surface area contributed by atoms with Gasteiger partial charge in [0.15, 0.2) is 0 Å². The minimum Gasteiger partial charge on any atom is -0.410 e. The molecule has 0 atom stereocenters. The van der Waals surface area contributed by atoms with Gasteiger partial charge in [-0.3, -0.25) is 5.32 Å². The fraction of sp³-hybridized carbons (Fsp3) is 0.0833. The normalized spacial score (nSPS) is 9.89. The van der Waals surface area contributed by atoms with Crippen LogP contribution in [0.3, 0.4) is 0 Å². The Kier molecular flexibility index (Phi) is 3.74. The molecule has 6 heteroatoms. The van der Waals surface area contributed by atoms with Crippen molar-refractivity contribution in [3.8, 4) is 5.75 Å². The van der Waals surface area contributed by atoms with Gasteiger partial charge in [0.05, 0.1) is 0 Å². The summed E-state index contributed by atoms with van der Waals surface area (Å²) in [5.41, 5.74) is 0.657. The summed E-state index contributed by atoms with van der Waals surface area (Å²) < 4.78 is 5.04. The number of amides is 1. The number of hydrogen-bond donors (Lipinski definition) is 1. The minimum absolute atomic E-state index is 0.0741. The van der Waals surface area contributed by atoms with Gasteiger partial charge in [-0.05, 0) is 30.7 Å². The van der Waals surface area contributed by atoms with Gasteiger partial charge in [0.1, 0.15) is 11.6 Å². The molecule has 0 spiro atoms. The average Bonchev–Trinajstić information content (AvgIpc) is 2.28. The van der Waals surface area contributed by atoms with Gasteiger partial charge in [-0.15, -0.1) is 0 Å². The number of hydrogen-bond acceptors (Lipinski definition) is 4. The summed E-state index contributed by atoms with van der Waals surface area (Å²) in [6, 6.07) is 10.3. The van der Waals surface area contributed by atoms with Crippen LogP contribution < -0.4 is 10.1 Å². The topological polar surface area (TPSA) is 64.1 Å². The third kappa shape index (κ3) is 3.43. The number of benzene rings is 1. The van der Waals surface area contributed by atoms with E-state index in [4.69, 9.17) is 16.3 Å². The Morgan fingerprint density at radius 2 is 2.00 bits per heavy atom. The first-order chi connectivity index (χ1) is 8.63. The number of para-hydroxylation sites is 1. The summed E-state index contributed by atoms with van der Waals surface area (Å²) in [5.74, 6) is 0.750. The Labute approximate surface area is 109 Å². The molecular formula is C12H10ClN3O2. The average molecular weight is 264 g/mol. The van der Waals surface area contributed by atoms with E-state index >= 15 is 0 Å². The summed E-state index contributed by atoms with van der Waals surface area (Å²) >= 11 is 5.68. The van der Waals surface area contributed by atoms with Crippen LogP contribution in [0.2, 0.25) is 5.28 Å². The third-order valence-corrected chi connectivity index (χ3v) is 2.18. The van der Waals surface area contributed by atoms with Crippen molar-refractivity contribution >= 4 is 23.5 Å². The monoisotopic (exact) mass is 263 g/mol. The van der Waals surface area contributed by atoms with Gasteiger partial charge in [-0.25, -0.2) is 14.8 Å². The van der Waals surface area contributed by atoms with Crippen molar-refractivity contribution in [1.82, 2.24) is 9.97 Å². The number of nitrogens with one attached hydrogen (secondary N) is 1. The van der Waals surface area contributed by atoms with Crippen LogP contribution in [0.25, 0.3) is 0 Å². The standard InChI is InChI=1S/C12H10ClN3O2/c1-8-7-10(15-11(13)14-8)16-12(17)18-9-5-3-2-4-6-9/h2-7H,1H3,(H,14,15,16,17). The van der Waals surface area contributed by atoms with Gasteiger partial charge in [-0.1, -0.05) is 18.2 Å². The summed E-state index contributed by atoms with van der Waals surface area (Å²) in [7, 11) is 0. The highest BCUT2D eigenvalue weighted by Gasteiger charge is 2.07. The second kappa shape index (κ2) is 5.46. The second-order valence-electron chi connectivity index (χ2n) is 3.49. The largest absolute Gasteiger partial charge is 0.418 e. The zero-order chi connectivity index (χ0) is 13.0. The molecule has 0 unspecified atom stereocenters. The van der Waals surface area contributed by atoms with E-state index < -0.39 is 6.09 Å². The zero-order valence-corrected chi connectivity index (χ0v) is 10.3. The maximum atomic E-state index is 11.6. The number of ether oxygens (including phenoxy) is 1. The minimum atomic E-state index is -0.629. The van der Waals surface area contributed by atoms with Crippen LogP contribution >= 0.6 is 11.6 Å². The molecule has 0 bridgehead atoms. The van der Waals surface area contributed by atoms with E-state index in [9.17, 15) is 4.79 Å². The molecule has 0 aliphatic rings. The molecule has 2 aromatic rings. The van der Waals surface area contributed by atoms with E-state index in [1.54, 1.807) is 37.3 Å². The molecule has 0 fully saturated rings. The molecular weight excluding hydrogens is 254 g/mol. The molecule has 1 N–H and O–H groups in total. The molecule has 0 aliphatic carbocycles. The van der Waals surface area contributed by atoms with Crippen molar-refractivity contribution < 1.29 is 9.53 Å². The van der Waals surface area contributed by atoms with Gasteiger partial charge >= 0.3 is 6.09 Å². The maximum Gasteiger partial charge on any atom is 0.418 e. The van der Waals surface area contributed by atoms with Gasteiger partial charge in [0, 0.05) is 11.8 Å². The van der Waals surface area contributed by atoms with Crippen molar-refractivity contribution in [2.75, 3.05) is 5.32 Å². The molecule has 92 valence electrons. The van der Waals surface area contributed by atoms with E-state index in [1.165, 1.54) is 0 Å². The van der Waals surface area contributed by atoms with Crippen molar-refractivity contribution in [3.63, 3.8) is 0 Å². The molecule has 5 nitrogen and oxygen atoms in total. The lowest BCUT2D eigenvalue weighted by molar-refractivity contribution is 0.215. The van der Waals surface area contributed by atoms with Gasteiger partial charge in [-0.2, -0.15) is 0 Å². The van der Waals surface area contributed by atoms with Crippen LogP contribution in [0.5, 0.6) is 5.75 Å². The van der Waals surface area contributed by atoms with E-state index in [0.29, 0.717) is 17.3 Å². The highest BCUT2D eigenvalue weighted by Crippen LogP contribution is 2.12. The summed E-state index contributed by atoms with van der Waals surface area (Å²) in [4.78, 5) is 19.3. The van der Waals surface area contributed by atoms with Crippen molar-refractivity contribution in [3.05, 3.63) is 47.4 Å². The molecule has 0 saturated carbocycles. The highest BCUT2D eigenvalue weighted by atomic mass is 35.5. The quantitative estimate of drug-likeness (QED) is 0.846. The van der Waals surface area contributed by atoms with Gasteiger partial charge in [0.2, 0.25) is 5.28 Å². The SMILES string of the molecule is Cc1cc(NC(=O)Oc2ccccc2)nc(Cl)n1. The van der Waals surface area contributed by atoms with Crippen molar-refractivity contribution in [1.29, 1.82) is 0 Å². The Morgan fingerprint density at radius 1 is 1.28 bits per heavy atom. The lowest BCUT2D eigenvalue weighted by Crippen LogP contribution is -2.17. The van der Waals surface area contributed by atoms with Crippen LogP contribution in [-0.4, -0.2) is 16.1 Å². The number of aromatic nitrogens is 2.